The van der Waals surface area contributed by atoms with Gasteiger partial charge in [0.25, 0.3) is 5.91 Å². The fourth-order valence-corrected chi connectivity index (χ4v) is 4.05. The highest BCUT2D eigenvalue weighted by atomic mass is 35.5. The van der Waals surface area contributed by atoms with Gasteiger partial charge >= 0.3 is 0 Å². The molecule has 0 saturated carbocycles. The summed E-state index contributed by atoms with van der Waals surface area (Å²) in [6.45, 7) is 1.77. The first-order chi connectivity index (χ1) is 11.9. The Kier molecular flexibility index (Phi) is 10.0. The van der Waals surface area contributed by atoms with E-state index in [9.17, 15) is 13.2 Å². The summed E-state index contributed by atoms with van der Waals surface area (Å²) in [7, 11) is -3.60. The summed E-state index contributed by atoms with van der Waals surface area (Å²) in [5, 5.41) is 9.26. The maximum absolute atomic E-state index is 12.6. The van der Waals surface area contributed by atoms with Crippen LogP contribution in [0.4, 0.5) is 0 Å². The molecule has 8 heteroatoms. The molecule has 25 heavy (non-hydrogen) atoms. The van der Waals surface area contributed by atoms with Gasteiger partial charge in [0, 0.05) is 11.6 Å². The van der Waals surface area contributed by atoms with Gasteiger partial charge in [0.15, 0.2) is 0 Å². The van der Waals surface area contributed by atoms with Crippen molar-refractivity contribution in [2.75, 3.05) is 12.3 Å². The van der Waals surface area contributed by atoms with Gasteiger partial charge in [-0.15, -0.1) is 0 Å². The maximum atomic E-state index is 12.6. The van der Waals surface area contributed by atoms with Gasteiger partial charge < -0.3 is 0 Å². The van der Waals surface area contributed by atoms with E-state index in [4.69, 9.17) is 16.8 Å². The van der Waals surface area contributed by atoms with Gasteiger partial charge in [0.2, 0.25) is 10.0 Å². The van der Waals surface area contributed by atoms with Crippen molar-refractivity contribution in [3.63, 3.8) is 0 Å². The van der Waals surface area contributed by atoms with Crippen molar-refractivity contribution in [2.24, 2.45) is 0 Å². The molecule has 6 nitrogen and oxygen atoms in total. The Balaban J connectivity index is 2.68. The zero-order valence-corrected chi connectivity index (χ0v) is 16.2. The van der Waals surface area contributed by atoms with Gasteiger partial charge in [0.1, 0.15) is 0 Å². The molecule has 1 aromatic rings. The van der Waals surface area contributed by atoms with Crippen LogP contribution in [0.1, 0.15) is 51.0 Å². The lowest BCUT2D eigenvalue weighted by molar-refractivity contribution is -0.129. The average molecular weight is 391 g/mol. The first kappa shape index (κ1) is 21.9. The van der Waals surface area contributed by atoms with E-state index < -0.39 is 22.5 Å². The minimum atomic E-state index is -3.60. The predicted octanol–water partition coefficient (Wildman–Crippen LogP) is 3.34. The van der Waals surface area contributed by atoms with E-state index in [0.717, 1.165) is 42.0 Å². The number of carbonyl (C=O) groups is 1. The van der Waals surface area contributed by atoms with Crippen LogP contribution in [-0.2, 0) is 21.4 Å². The van der Waals surface area contributed by atoms with Crippen molar-refractivity contribution in [1.29, 1.82) is 0 Å². The summed E-state index contributed by atoms with van der Waals surface area (Å²) < 4.78 is 26.3. The van der Waals surface area contributed by atoms with E-state index >= 15 is 0 Å². The number of rotatable bonds is 12. The van der Waals surface area contributed by atoms with Crippen molar-refractivity contribution in [2.45, 2.75) is 52.0 Å². The standard InChI is InChI=1S/C17H27ClN2O4S/c1-2-3-4-5-6-7-12-25(23,24)20(14-17(21)19-22)13-15-8-10-16(18)11-9-15/h8-11,22H,2-7,12-14H2,1H3,(H,19,21). The van der Waals surface area contributed by atoms with Gasteiger partial charge in [0.05, 0.1) is 12.3 Å². The molecule has 0 radical (unpaired) electrons. The molecule has 0 heterocycles. The largest absolute Gasteiger partial charge is 0.289 e. The van der Waals surface area contributed by atoms with Crippen molar-refractivity contribution >= 4 is 27.5 Å². The minimum absolute atomic E-state index is 0.00851. The van der Waals surface area contributed by atoms with E-state index in [1.165, 1.54) is 5.48 Å². The molecular formula is C17H27ClN2O4S. The number of unbranched alkanes of at least 4 members (excludes halogenated alkanes) is 5. The highest BCUT2D eigenvalue weighted by molar-refractivity contribution is 7.89. The van der Waals surface area contributed by atoms with E-state index in [0.29, 0.717) is 11.4 Å². The number of nitrogens with zero attached hydrogens (tertiary/aromatic N) is 1. The fraction of sp³-hybridized carbons (Fsp3) is 0.588. The fourth-order valence-electron chi connectivity index (χ4n) is 2.44. The molecule has 0 bridgehead atoms. The highest BCUT2D eigenvalue weighted by Gasteiger charge is 2.24. The molecule has 1 amide bonds. The van der Waals surface area contributed by atoms with Gasteiger partial charge in [-0.25, -0.2) is 13.9 Å². The van der Waals surface area contributed by atoms with Crippen LogP contribution in [0.3, 0.4) is 0 Å². The number of nitrogens with one attached hydrogen (secondary N) is 1. The molecule has 2 N–H and O–H groups in total. The summed E-state index contributed by atoms with van der Waals surface area (Å²) in [6.07, 6.45) is 5.83. The lowest BCUT2D eigenvalue weighted by atomic mass is 10.1. The summed E-state index contributed by atoms with van der Waals surface area (Å²) >= 11 is 5.84. The molecule has 0 unspecified atom stereocenters. The van der Waals surface area contributed by atoms with Crippen LogP contribution in [0, 0.1) is 0 Å². The second kappa shape index (κ2) is 11.5. The first-order valence-electron chi connectivity index (χ1n) is 8.54. The number of hydrogen-bond acceptors (Lipinski definition) is 4. The van der Waals surface area contributed by atoms with Crippen molar-refractivity contribution in [1.82, 2.24) is 9.79 Å². The molecule has 0 spiro atoms. The molecule has 0 aliphatic carbocycles. The van der Waals surface area contributed by atoms with Gasteiger partial charge in [-0.3, -0.25) is 10.0 Å². The van der Waals surface area contributed by atoms with Crippen LogP contribution >= 0.6 is 11.6 Å². The van der Waals surface area contributed by atoms with Gasteiger partial charge in [-0.05, 0) is 24.1 Å². The maximum Gasteiger partial charge on any atom is 0.258 e. The third kappa shape index (κ3) is 8.67. The molecule has 0 atom stereocenters. The molecular weight excluding hydrogens is 364 g/mol. The SMILES string of the molecule is CCCCCCCCS(=O)(=O)N(CC(=O)NO)Cc1ccc(Cl)cc1. The van der Waals surface area contributed by atoms with E-state index in [-0.39, 0.29) is 12.3 Å². The molecule has 142 valence electrons. The van der Waals surface area contributed by atoms with Crippen LogP contribution in [0.25, 0.3) is 0 Å². The van der Waals surface area contributed by atoms with Gasteiger partial charge in [-0.1, -0.05) is 62.8 Å². The number of sulfonamides is 1. The Hall–Kier alpha value is -1.15. The van der Waals surface area contributed by atoms with Crippen LogP contribution in [0.15, 0.2) is 24.3 Å². The zero-order chi connectivity index (χ0) is 18.7. The average Bonchev–Trinajstić information content (AvgIpc) is 2.59. The molecule has 0 fully saturated rings. The Bertz CT molecular complexity index is 620. The van der Waals surface area contributed by atoms with Crippen LogP contribution < -0.4 is 5.48 Å². The summed E-state index contributed by atoms with van der Waals surface area (Å²) in [5.41, 5.74) is 2.21. The normalized spacial score (nSPS) is 11.7. The van der Waals surface area contributed by atoms with Gasteiger partial charge in [-0.2, -0.15) is 4.31 Å². The lowest BCUT2D eigenvalue weighted by Gasteiger charge is -2.21. The highest BCUT2D eigenvalue weighted by Crippen LogP contribution is 2.15. The quantitative estimate of drug-likeness (QED) is 0.325. The number of amides is 1. The van der Waals surface area contributed by atoms with Crippen LogP contribution in [0.5, 0.6) is 0 Å². The molecule has 0 aliphatic rings. The van der Waals surface area contributed by atoms with E-state index in [2.05, 4.69) is 6.92 Å². The van der Waals surface area contributed by atoms with Crippen molar-refractivity contribution < 1.29 is 18.4 Å². The Morgan fingerprint density at radius 3 is 2.32 bits per heavy atom. The second-order valence-corrected chi connectivity index (χ2v) is 8.54. The number of carbonyl (C=O) groups excluding carboxylic acids is 1. The van der Waals surface area contributed by atoms with E-state index in [1.54, 1.807) is 24.3 Å². The molecule has 1 rings (SSSR count). The molecule has 1 aromatic carbocycles. The third-order valence-electron chi connectivity index (χ3n) is 3.87. The number of hydrogen-bond donors (Lipinski definition) is 2. The Labute approximate surface area is 155 Å². The number of benzene rings is 1. The Morgan fingerprint density at radius 1 is 1.12 bits per heavy atom. The van der Waals surface area contributed by atoms with Crippen LogP contribution in [0.2, 0.25) is 5.02 Å². The zero-order valence-electron chi connectivity index (χ0n) is 14.6. The summed E-state index contributed by atoms with van der Waals surface area (Å²) in [6, 6.07) is 6.77. The van der Waals surface area contributed by atoms with Crippen LogP contribution in [-0.4, -0.2) is 36.1 Å². The molecule has 0 aliphatic heterocycles. The summed E-state index contributed by atoms with van der Waals surface area (Å²) in [4.78, 5) is 11.5. The minimum Gasteiger partial charge on any atom is -0.289 e. The van der Waals surface area contributed by atoms with E-state index in [1.807, 2.05) is 0 Å². The monoisotopic (exact) mass is 390 g/mol. The first-order valence-corrected chi connectivity index (χ1v) is 10.5. The summed E-state index contributed by atoms with van der Waals surface area (Å²) in [5.74, 6) is -0.772. The third-order valence-corrected chi connectivity index (χ3v) is 5.97. The van der Waals surface area contributed by atoms with Crippen molar-refractivity contribution in [3.05, 3.63) is 34.9 Å². The number of hydroxylamine groups is 1. The second-order valence-electron chi connectivity index (χ2n) is 6.01. The molecule has 0 aromatic heterocycles. The smallest absolute Gasteiger partial charge is 0.258 e. The number of halogens is 1. The Morgan fingerprint density at radius 2 is 1.72 bits per heavy atom. The topological polar surface area (TPSA) is 86.7 Å². The predicted molar refractivity (Wildman–Crippen MR) is 99.0 cm³/mol. The molecule has 0 saturated heterocycles. The lowest BCUT2D eigenvalue weighted by Crippen LogP contribution is -2.40. The van der Waals surface area contributed by atoms with Crippen molar-refractivity contribution in [3.8, 4) is 0 Å².